The Labute approximate surface area is 95.3 Å². The normalized spacial score (nSPS) is 12.6. The van der Waals surface area contributed by atoms with Crippen molar-refractivity contribution < 1.29 is 0 Å². The fourth-order valence-corrected chi connectivity index (χ4v) is 1.90. The molecule has 0 aliphatic heterocycles. The molecule has 0 bridgehead atoms. The van der Waals surface area contributed by atoms with Gasteiger partial charge in [-0.2, -0.15) is 5.10 Å². The van der Waals surface area contributed by atoms with Gasteiger partial charge in [-0.05, 0) is 6.54 Å². The Kier molecular flexibility index (Phi) is 2.50. The second-order valence-corrected chi connectivity index (χ2v) is 5.15. The maximum atomic E-state index is 5.51. The molecule has 2 aromatic heterocycles. The highest BCUT2D eigenvalue weighted by Gasteiger charge is 2.22. The van der Waals surface area contributed by atoms with Gasteiger partial charge in [0.15, 0.2) is 0 Å². The second kappa shape index (κ2) is 3.59. The summed E-state index contributed by atoms with van der Waals surface area (Å²) >= 11 is 0. The summed E-state index contributed by atoms with van der Waals surface area (Å²) in [4.78, 5) is 4.52. The lowest BCUT2D eigenvalue weighted by atomic mass is 9.96. The van der Waals surface area contributed by atoms with E-state index in [0.717, 1.165) is 23.7 Å². The molecule has 16 heavy (non-hydrogen) atoms. The minimum Gasteiger partial charge on any atom is -0.330 e. The molecule has 2 rings (SSSR count). The number of hydrogen-bond acceptors (Lipinski definition) is 3. The first-order chi connectivity index (χ1) is 7.43. The molecule has 5 nitrogen and oxygen atoms in total. The van der Waals surface area contributed by atoms with Gasteiger partial charge in [0.05, 0.1) is 11.9 Å². The fourth-order valence-electron chi connectivity index (χ4n) is 1.90. The predicted octanol–water partition coefficient (Wildman–Crippen LogP) is 0.867. The van der Waals surface area contributed by atoms with E-state index in [0.29, 0.717) is 6.54 Å². The van der Waals surface area contributed by atoms with Crippen molar-refractivity contribution in [2.75, 3.05) is 6.54 Å². The van der Waals surface area contributed by atoms with E-state index in [-0.39, 0.29) is 5.41 Å². The molecular weight excluding hydrogens is 202 g/mol. The Balaban J connectivity index is 2.51. The van der Waals surface area contributed by atoms with E-state index in [4.69, 9.17) is 5.73 Å². The molecule has 0 aliphatic rings. The number of hydrogen-bond donors (Lipinski definition) is 1. The zero-order valence-electron chi connectivity index (χ0n) is 10.4. The maximum Gasteiger partial charge on any atom is 0.232 e. The van der Waals surface area contributed by atoms with Gasteiger partial charge in [-0.1, -0.05) is 20.8 Å². The molecule has 0 saturated carbocycles. The van der Waals surface area contributed by atoms with Gasteiger partial charge in [0, 0.05) is 18.9 Å². The van der Waals surface area contributed by atoms with Crippen molar-refractivity contribution in [3.8, 4) is 0 Å². The number of rotatable bonds is 2. The van der Waals surface area contributed by atoms with Crippen LogP contribution in [-0.2, 0) is 18.9 Å². The summed E-state index contributed by atoms with van der Waals surface area (Å²) in [5.41, 5.74) is 6.54. The Morgan fingerprint density at radius 2 is 2.06 bits per heavy atom. The Hall–Kier alpha value is -1.36. The number of fused-ring (bicyclic) bond motifs is 1. The molecule has 0 radical (unpaired) electrons. The number of aromatic nitrogens is 4. The lowest BCUT2D eigenvalue weighted by Gasteiger charge is -2.16. The van der Waals surface area contributed by atoms with Crippen molar-refractivity contribution in [1.29, 1.82) is 0 Å². The van der Waals surface area contributed by atoms with Crippen LogP contribution in [-0.4, -0.2) is 25.7 Å². The van der Waals surface area contributed by atoms with Crippen molar-refractivity contribution in [3.63, 3.8) is 0 Å². The Morgan fingerprint density at radius 3 is 2.56 bits per heavy atom. The highest BCUT2D eigenvalue weighted by molar-refractivity contribution is 5.33. The predicted molar refractivity (Wildman–Crippen MR) is 63.4 cm³/mol. The molecule has 0 atom stereocenters. The molecule has 2 N–H and O–H groups in total. The van der Waals surface area contributed by atoms with Crippen LogP contribution in [0.15, 0.2) is 6.20 Å². The number of imidazole rings is 1. The largest absolute Gasteiger partial charge is 0.330 e. The number of nitrogens with zero attached hydrogens (tertiary/aromatic N) is 4. The molecule has 0 aliphatic carbocycles. The van der Waals surface area contributed by atoms with Gasteiger partial charge in [0.1, 0.15) is 5.82 Å². The maximum absolute atomic E-state index is 5.51. The quantitative estimate of drug-likeness (QED) is 0.818. The zero-order valence-corrected chi connectivity index (χ0v) is 10.4. The smallest absolute Gasteiger partial charge is 0.232 e. The van der Waals surface area contributed by atoms with E-state index >= 15 is 0 Å². The first-order valence-electron chi connectivity index (χ1n) is 5.55. The van der Waals surface area contributed by atoms with Crippen molar-refractivity contribution in [3.05, 3.63) is 17.7 Å². The first-order valence-corrected chi connectivity index (χ1v) is 5.55. The van der Waals surface area contributed by atoms with E-state index in [1.165, 1.54) is 0 Å². The summed E-state index contributed by atoms with van der Waals surface area (Å²) in [6, 6.07) is 0. The van der Waals surface area contributed by atoms with Crippen LogP contribution in [0.1, 0.15) is 32.3 Å². The van der Waals surface area contributed by atoms with Gasteiger partial charge in [-0.25, -0.2) is 9.50 Å². The third-order valence-electron chi connectivity index (χ3n) is 2.61. The second-order valence-electron chi connectivity index (χ2n) is 5.15. The van der Waals surface area contributed by atoms with E-state index in [1.54, 1.807) is 0 Å². The van der Waals surface area contributed by atoms with Crippen LogP contribution in [0.25, 0.3) is 5.78 Å². The molecule has 2 aromatic rings. The van der Waals surface area contributed by atoms with Crippen LogP contribution >= 0.6 is 0 Å². The third kappa shape index (κ3) is 1.71. The summed E-state index contributed by atoms with van der Waals surface area (Å²) in [5, 5.41) is 4.56. The molecule has 0 fully saturated rings. The van der Waals surface area contributed by atoms with Crippen LogP contribution in [0, 0.1) is 0 Å². The highest BCUT2D eigenvalue weighted by atomic mass is 15.4. The topological polar surface area (TPSA) is 61.1 Å². The number of aryl methyl sites for hydroxylation is 1. The van der Waals surface area contributed by atoms with Gasteiger partial charge in [0.25, 0.3) is 0 Å². The molecular formula is C11H19N5. The summed E-state index contributed by atoms with van der Waals surface area (Å²) in [5.74, 6) is 1.92. The molecule has 5 heteroatoms. The van der Waals surface area contributed by atoms with E-state index in [1.807, 2.05) is 22.3 Å². The van der Waals surface area contributed by atoms with Gasteiger partial charge >= 0.3 is 0 Å². The lowest BCUT2D eigenvalue weighted by Crippen LogP contribution is -2.17. The van der Waals surface area contributed by atoms with Gasteiger partial charge in [-0.15, -0.1) is 0 Å². The molecule has 0 amide bonds. The third-order valence-corrected chi connectivity index (χ3v) is 2.61. The van der Waals surface area contributed by atoms with Gasteiger partial charge in [0.2, 0.25) is 5.78 Å². The highest BCUT2D eigenvalue weighted by Crippen LogP contribution is 2.21. The molecule has 0 spiro atoms. The van der Waals surface area contributed by atoms with Gasteiger partial charge < -0.3 is 5.73 Å². The summed E-state index contributed by atoms with van der Waals surface area (Å²) in [6.45, 7) is 7.07. The summed E-state index contributed by atoms with van der Waals surface area (Å²) in [6.07, 6.45) is 2.76. The van der Waals surface area contributed by atoms with Crippen molar-refractivity contribution in [1.82, 2.24) is 19.2 Å². The zero-order chi connectivity index (χ0) is 11.9. The minimum atomic E-state index is 0.0312. The average Bonchev–Trinajstić information content (AvgIpc) is 2.66. The number of nitrogens with two attached hydrogens (primary N) is 1. The standard InChI is InChI=1S/C11H19N5/c1-11(2,3)9-14-16-7-8(5-6-12)13-10(16)15(9)4/h7H,5-6,12H2,1-4H3. The summed E-state index contributed by atoms with van der Waals surface area (Å²) < 4.78 is 3.88. The van der Waals surface area contributed by atoms with E-state index < -0.39 is 0 Å². The molecule has 2 heterocycles. The van der Waals surface area contributed by atoms with Crippen molar-refractivity contribution in [2.24, 2.45) is 12.8 Å². The van der Waals surface area contributed by atoms with Crippen LogP contribution in [0.4, 0.5) is 0 Å². The summed E-state index contributed by atoms with van der Waals surface area (Å²) in [7, 11) is 2.00. The van der Waals surface area contributed by atoms with Gasteiger partial charge in [-0.3, -0.25) is 4.57 Å². The van der Waals surface area contributed by atoms with Crippen LogP contribution < -0.4 is 5.73 Å². The fraction of sp³-hybridized carbons (Fsp3) is 0.636. The van der Waals surface area contributed by atoms with Crippen molar-refractivity contribution in [2.45, 2.75) is 32.6 Å². The first kappa shape index (κ1) is 11.1. The Bertz CT molecular complexity index is 500. The van der Waals surface area contributed by atoms with Crippen LogP contribution in [0.3, 0.4) is 0 Å². The minimum absolute atomic E-state index is 0.0312. The van der Waals surface area contributed by atoms with E-state index in [9.17, 15) is 0 Å². The molecule has 0 unspecified atom stereocenters. The lowest BCUT2D eigenvalue weighted by molar-refractivity contribution is 0.519. The molecule has 0 saturated heterocycles. The molecule has 0 aromatic carbocycles. The van der Waals surface area contributed by atoms with E-state index in [2.05, 4.69) is 30.9 Å². The van der Waals surface area contributed by atoms with Crippen molar-refractivity contribution >= 4 is 5.78 Å². The SMILES string of the molecule is Cn1c(C(C)(C)C)nn2cc(CCN)nc12. The Morgan fingerprint density at radius 1 is 1.38 bits per heavy atom. The monoisotopic (exact) mass is 221 g/mol. The molecule has 88 valence electrons. The van der Waals surface area contributed by atoms with Crippen LogP contribution in [0.5, 0.6) is 0 Å². The van der Waals surface area contributed by atoms with Crippen LogP contribution in [0.2, 0.25) is 0 Å². The average molecular weight is 221 g/mol.